The first-order chi connectivity index (χ1) is 11.2. The van der Waals surface area contributed by atoms with Gasteiger partial charge in [0.05, 0.1) is 24.4 Å². The van der Waals surface area contributed by atoms with Gasteiger partial charge in [-0.3, -0.25) is 14.2 Å². The number of thiazole rings is 1. The quantitative estimate of drug-likeness (QED) is 0.747. The summed E-state index contributed by atoms with van der Waals surface area (Å²) in [5.41, 5.74) is 0.880. The number of carbonyl (C=O) groups is 1. The molecule has 2 heterocycles. The molecule has 0 amide bonds. The van der Waals surface area contributed by atoms with E-state index >= 15 is 0 Å². The predicted molar refractivity (Wildman–Crippen MR) is 90.6 cm³/mol. The van der Waals surface area contributed by atoms with Crippen LogP contribution in [0.4, 0.5) is 5.13 Å². The van der Waals surface area contributed by atoms with E-state index in [0.29, 0.717) is 18.0 Å². The molecule has 0 aliphatic rings. The molecule has 2 aromatic heterocycles. The zero-order valence-electron chi connectivity index (χ0n) is 13.9. The van der Waals surface area contributed by atoms with Crippen LogP contribution in [0.3, 0.4) is 0 Å². The van der Waals surface area contributed by atoms with Gasteiger partial charge in [-0.1, -0.05) is 0 Å². The van der Waals surface area contributed by atoms with E-state index in [2.05, 4.69) is 14.8 Å². The lowest BCUT2D eigenvalue weighted by molar-refractivity contribution is -0.142. The van der Waals surface area contributed by atoms with Crippen molar-refractivity contribution in [2.75, 3.05) is 11.3 Å². The largest absolute Gasteiger partial charge is 0.466 e. The summed E-state index contributed by atoms with van der Waals surface area (Å²) in [6.07, 6.45) is 1.51. The lowest BCUT2D eigenvalue weighted by Gasteiger charge is -2.04. The number of aryl methyl sites for hydroxylation is 1. The van der Waals surface area contributed by atoms with Crippen molar-refractivity contribution in [3.8, 4) is 0 Å². The molecule has 0 spiro atoms. The number of aromatic nitrogens is 3. The lowest BCUT2D eigenvalue weighted by Crippen LogP contribution is -2.13. The van der Waals surface area contributed by atoms with Crippen molar-refractivity contribution in [2.24, 2.45) is 0 Å². The van der Waals surface area contributed by atoms with Gasteiger partial charge in [-0.2, -0.15) is 5.10 Å². The highest BCUT2D eigenvalue weighted by molar-refractivity contribution is 7.93. The second-order valence-electron chi connectivity index (χ2n) is 5.38. The number of sulfonamides is 1. The molecule has 0 aliphatic heterocycles. The number of nitrogens with zero attached hydrogens (tertiary/aromatic N) is 3. The molecule has 0 saturated carbocycles. The third kappa shape index (κ3) is 4.32. The normalized spacial score (nSPS) is 11.7. The first-order valence-corrected chi connectivity index (χ1v) is 9.77. The van der Waals surface area contributed by atoms with Crippen molar-refractivity contribution in [2.45, 2.75) is 45.1 Å². The molecule has 1 N–H and O–H groups in total. The number of esters is 1. The zero-order valence-corrected chi connectivity index (χ0v) is 15.6. The van der Waals surface area contributed by atoms with Crippen LogP contribution in [-0.4, -0.2) is 35.8 Å². The number of hydrogen-bond donors (Lipinski definition) is 1. The van der Waals surface area contributed by atoms with E-state index in [1.54, 1.807) is 23.9 Å². The van der Waals surface area contributed by atoms with Gasteiger partial charge in [0, 0.05) is 17.6 Å². The first-order valence-electron chi connectivity index (χ1n) is 7.41. The van der Waals surface area contributed by atoms with Crippen LogP contribution in [-0.2, 0) is 26.0 Å². The minimum absolute atomic E-state index is 0.0103. The summed E-state index contributed by atoms with van der Waals surface area (Å²) in [7, 11) is -3.78. The van der Waals surface area contributed by atoms with E-state index in [1.807, 2.05) is 13.8 Å². The fourth-order valence-electron chi connectivity index (χ4n) is 1.96. The van der Waals surface area contributed by atoms with E-state index in [9.17, 15) is 13.2 Å². The molecule has 132 valence electrons. The Morgan fingerprint density at radius 3 is 2.75 bits per heavy atom. The number of ether oxygens (including phenoxy) is 1. The molecule has 0 aromatic carbocycles. The number of carbonyl (C=O) groups excluding carboxylic acids is 1. The summed E-state index contributed by atoms with van der Waals surface area (Å²) >= 11 is 1.11. The molecule has 0 saturated heterocycles. The fourth-order valence-corrected chi connectivity index (χ4v) is 4.10. The standard InChI is InChI=1S/C14H20N4O4S2/c1-5-22-13(19)6-11-8-23-14(15-11)17-24(20,21)12-7-18(9(2)3)16-10(12)4/h7-9H,5-6H2,1-4H3,(H,15,17). The van der Waals surface area contributed by atoms with Crippen LogP contribution < -0.4 is 4.72 Å². The summed E-state index contributed by atoms with van der Waals surface area (Å²) in [5.74, 6) is -0.397. The summed E-state index contributed by atoms with van der Waals surface area (Å²) in [6, 6.07) is 0.0590. The number of anilines is 1. The number of nitrogens with one attached hydrogen (secondary N) is 1. The van der Waals surface area contributed by atoms with Crippen LogP contribution in [0, 0.1) is 6.92 Å². The molecule has 10 heteroatoms. The maximum atomic E-state index is 12.5. The molecule has 0 atom stereocenters. The highest BCUT2D eigenvalue weighted by Gasteiger charge is 2.22. The Bertz CT molecular complexity index is 824. The van der Waals surface area contributed by atoms with Gasteiger partial charge in [-0.05, 0) is 27.7 Å². The first kappa shape index (κ1) is 18.4. The maximum absolute atomic E-state index is 12.5. The van der Waals surface area contributed by atoms with Gasteiger partial charge in [-0.15, -0.1) is 11.3 Å². The molecule has 2 rings (SSSR count). The van der Waals surface area contributed by atoms with Gasteiger partial charge in [0.15, 0.2) is 5.13 Å². The maximum Gasteiger partial charge on any atom is 0.311 e. The fraction of sp³-hybridized carbons (Fsp3) is 0.500. The molecule has 0 fully saturated rings. The van der Waals surface area contributed by atoms with Gasteiger partial charge >= 0.3 is 5.97 Å². The Labute approximate surface area is 144 Å². The molecule has 24 heavy (non-hydrogen) atoms. The molecule has 0 radical (unpaired) electrons. The second kappa shape index (κ2) is 7.31. The van der Waals surface area contributed by atoms with E-state index < -0.39 is 16.0 Å². The zero-order chi connectivity index (χ0) is 17.9. The lowest BCUT2D eigenvalue weighted by atomic mass is 10.3. The Morgan fingerprint density at radius 1 is 1.46 bits per heavy atom. The molecule has 0 aliphatic carbocycles. The van der Waals surface area contributed by atoms with E-state index in [-0.39, 0.29) is 22.5 Å². The molecular weight excluding hydrogens is 352 g/mol. The third-order valence-electron chi connectivity index (χ3n) is 3.09. The van der Waals surface area contributed by atoms with Gasteiger partial charge in [-0.25, -0.2) is 13.4 Å². The van der Waals surface area contributed by atoms with Crippen molar-refractivity contribution in [3.05, 3.63) is 23.0 Å². The Hall–Kier alpha value is -1.94. The van der Waals surface area contributed by atoms with Crippen LogP contribution in [0.15, 0.2) is 16.5 Å². The molecule has 0 bridgehead atoms. The monoisotopic (exact) mass is 372 g/mol. The highest BCUT2D eigenvalue weighted by Crippen LogP contribution is 2.23. The van der Waals surface area contributed by atoms with Crippen molar-refractivity contribution in [3.63, 3.8) is 0 Å². The second-order valence-corrected chi connectivity index (χ2v) is 7.89. The van der Waals surface area contributed by atoms with Gasteiger partial charge < -0.3 is 4.74 Å². The summed E-state index contributed by atoms with van der Waals surface area (Å²) in [4.78, 5) is 15.7. The molecule has 8 nitrogen and oxygen atoms in total. The Balaban J connectivity index is 2.15. The minimum Gasteiger partial charge on any atom is -0.466 e. The van der Waals surface area contributed by atoms with Crippen LogP contribution >= 0.6 is 11.3 Å². The van der Waals surface area contributed by atoms with Gasteiger partial charge in [0.2, 0.25) is 0 Å². The van der Waals surface area contributed by atoms with Crippen LogP contribution in [0.25, 0.3) is 0 Å². The number of hydrogen-bond acceptors (Lipinski definition) is 7. The summed E-state index contributed by atoms with van der Waals surface area (Å²) < 4.78 is 33.9. The summed E-state index contributed by atoms with van der Waals surface area (Å²) in [5, 5.41) is 6.03. The van der Waals surface area contributed by atoms with Gasteiger partial charge in [0.25, 0.3) is 10.0 Å². The van der Waals surface area contributed by atoms with Crippen LogP contribution in [0.5, 0.6) is 0 Å². The van der Waals surface area contributed by atoms with E-state index in [0.717, 1.165) is 11.3 Å². The average Bonchev–Trinajstić information content (AvgIpc) is 3.05. The minimum atomic E-state index is -3.78. The Morgan fingerprint density at radius 2 is 2.17 bits per heavy atom. The average molecular weight is 372 g/mol. The predicted octanol–water partition coefficient (Wildman–Crippen LogP) is 2.14. The van der Waals surface area contributed by atoms with Crippen molar-refractivity contribution < 1.29 is 17.9 Å². The van der Waals surface area contributed by atoms with Crippen molar-refractivity contribution in [1.82, 2.24) is 14.8 Å². The SMILES string of the molecule is CCOC(=O)Cc1csc(NS(=O)(=O)c2cn(C(C)C)nc2C)n1. The number of rotatable bonds is 7. The van der Waals surface area contributed by atoms with E-state index in [1.165, 1.54) is 6.20 Å². The molecular formula is C14H20N4O4S2. The van der Waals surface area contributed by atoms with Gasteiger partial charge in [0.1, 0.15) is 4.90 Å². The molecule has 2 aromatic rings. The third-order valence-corrected chi connectivity index (χ3v) is 5.47. The highest BCUT2D eigenvalue weighted by atomic mass is 32.2. The summed E-state index contributed by atoms with van der Waals surface area (Å²) in [6.45, 7) is 7.48. The topological polar surface area (TPSA) is 103 Å². The molecule has 0 unspecified atom stereocenters. The van der Waals surface area contributed by atoms with Crippen LogP contribution in [0.1, 0.15) is 38.2 Å². The van der Waals surface area contributed by atoms with Crippen molar-refractivity contribution >= 4 is 32.5 Å². The van der Waals surface area contributed by atoms with Crippen molar-refractivity contribution in [1.29, 1.82) is 0 Å². The van der Waals surface area contributed by atoms with E-state index in [4.69, 9.17) is 4.74 Å². The smallest absolute Gasteiger partial charge is 0.311 e. The Kier molecular flexibility index (Phi) is 5.60. The van der Waals surface area contributed by atoms with Crippen LogP contribution in [0.2, 0.25) is 0 Å².